The molecule has 1 heterocycles. The number of nitrogens with zero attached hydrogens (tertiary/aromatic N) is 1. The largest absolute Gasteiger partial charge is 0.369 e. The molecule has 0 spiro atoms. The van der Waals surface area contributed by atoms with Gasteiger partial charge in [-0.05, 0) is 44.8 Å². The third kappa shape index (κ3) is 1.94. The van der Waals surface area contributed by atoms with Gasteiger partial charge in [0, 0.05) is 24.4 Å². The van der Waals surface area contributed by atoms with E-state index in [1.807, 2.05) is 0 Å². The number of carbonyl (C=O) groups is 2. The van der Waals surface area contributed by atoms with E-state index in [0.29, 0.717) is 6.04 Å². The Morgan fingerprint density at radius 2 is 1.81 bits per heavy atom. The predicted molar refractivity (Wildman–Crippen MR) is 61.9 cm³/mol. The Kier molecular flexibility index (Phi) is 2.95. The van der Waals surface area contributed by atoms with Crippen molar-refractivity contribution in [1.29, 1.82) is 0 Å². The number of hydrogen-bond donors (Lipinski definition) is 0. The SMILES string of the molecule is CC(C)N1CCCCC2=CC(=O)C(=O)C=C21. The summed E-state index contributed by atoms with van der Waals surface area (Å²) in [5.74, 6) is -0.754. The van der Waals surface area contributed by atoms with Crippen LogP contribution in [0, 0.1) is 0 Å². The normalized spacial score (nSPS) is 21.6. The van der Waals surface area contributed by atoms with Crippen molar-refractivity contribution < 1.29 is 9.59 Å². The summed E-state index contributed by atoms with van der Waals surface area (Å²) in [7, 11) is 0. The van der Waals surface area contributed by atoms with Crippen molar-refractivity contribution in [1.82, 2.24) is 4.90 Å². The Morgan fingerprint density at radius 1 is 1.12 bits per heavy atom. The molecule has 0 aromatic rings. The Balaban J connectivity index is 2.39. The molecule has 1 aliphatic carbocycles. The van der Waals surface area contributed by atoms with E-state index in [1.54, 1.807) is 0 Å². The highest BCUT2D eigenvalue weighted by atomic mass is 16.2. The molecule has 0 atom stereocenters. The zero-order chi connectivity index (χ0) is 11.7. The summed E-state index contributed by atoms with van der Waals surface area (Å²) < 4.78 is 0. The van der Waals surface area contributed by atoms with E-state index < -0.39 is 0 Å². The van der Waals surface area contributed by atoms with Crippen molar-refractivity contribution in [2.45, 2.75) is 39.2 Å². The average Bonchev–Trinajstić information content (AvgIpc) is 2.41. The number of ketones is 2. The number of likely N-dealkylation sites (tertiary alicyclic amines) is 1. The van der Waals surface area contributed by atoms with Crippen LogP contribution in [0.1, 0.15) is 33.1 Å². The lowest BCUT2D eigenvalue weighted by Crippen LogP contribution is -2.33. The van der Waals surface area contributed by atoms with E-state index >= 15 is 0 Å². The Bertz CT molecular complexity index is 391. The summed E-state index contributed by atoms with van der Waals surface area (Å²) >= 11 is 0. The summed E-state index contributed by atoms with van der Waals surface area (Å²) in [6, 6.07) is 0.369. The van der Waals surface area contributed by atoms with Gasteiger partial charge in [0.25, 0.3) is 0 Å². The number of hydrogen-bond acceptors (Lipinski definition) is 3. The van der Waals surface area contributed by atoms with Gasteiger partial charge in [0.15, 0.2) is 0 Å². The smallest absolute Gasteiger partial charge is 0.227 e. The lowest BCUT2D eigenvalue weighted by atomic mass is 9.97. The lowest BCUT2D eigenvalue weighted by molar-refractivity contribution is -0.131. The highest BCUT2D eigenvalue weighted by Crippen LogP contribution is 2.29. The van der Waals surface area contributed by atoms with Crippen LogP contribution in [-0.4, -0.2) is 29.1 Å². The summed E-state index contributed by atoms with van der Waals surface area (Å²) in [5, 5.41) is 0. The molecule has 1 saturated heterocycles. The molecule has 16 heavy (non-hydrogen) atoms. The van der Waals surface area contributed by atoms with Gasteiger partial charge in [-0.25, -0.2) is 0 Å². The number of carbonyl (C=O) groups excluding carboxylic acids is 2. The highest BCUT2D eigenvalue weighted by molar-refractivity contribution is 6.46. The summed E-state index contributed by atoms with van der Waals surface area (Å²) in [5.41, 5.74) is 2.01. The van der Waals surface area contributed by atoms with Crippen LogP contribution in [0.5, 0.6) is 0 Å². The van der Waals surface area contributed by atoms with Gasteiger partial charge in [0.1, 0.15) is 0 Å². The predicted octanol–water partition coefficient (Wildman–Crippen LogP) is 1.84. The second kappa shape index (κ2) is 4.24. The minimum absolute atomic E-state index is 0.369. The fourth-order valence-corrected chi connectivity index (χ4v) is 2.31. The Hall–Kier alpha value is -1.38. The molecule has 0 N–H and O–H groups in total. The first-order chi connectivity index (χ1) is 7.59. The minimum Gasteiger partial charge on any atom is -0.369 e. The molecule has 2 rings (SSSR count). The van der Waals surface area contributed by atoms with Crippen LogP contribution >= 0.6 is 0 Å². The maximum absolute atomic E-state index is 11.4. The van der Waals surface area contributed by atoms with Crippen LogP contribution in [-0.2, 0) is 9.59 Å². The van der Waals surface area contributed by atoms with E-state index in [9.17, 15) is 9.59 Å². The molecule has 0 aromatic carbocycles. The average molecular weight is 219 g/mol. The molecule has 0 radical (unpaired) electrons. The zero-order valence-electron chi connectivity index (χ0n) is 9.82. The molecule has 0 aromatic heterocycles. The molecule has 3 heteroatoms. The molecule has 2 aliphatic rings. The minimum atomic E-state index is -0.383. The van der Waals surface area contributed by atoms with Crippen LogP contribution in [0.3, 0.4) is 0 Å². The van der Waals surface area contributed by atoms with Crippen molar-refractivity contribution >= 4 is 11.6 Å². The van der Waals surface area contributed by atoms with Crippen LogP contribution in [0.4, 0.5) is 0 Å². The second-order valence-electron chi connectivity index (χ2n) is 4.67. The zero-order valence-corrected chi connectivity index (χ0v) is 9.82. The van der Waals surface area contributed by atoms with Crippen LogP contribution in [0.2, 0.25) is 0 Å². The van der Waals surface area contributed by atoms with Gasteiger partial charge < -0.3 is 4.90 Å². The van der Waals surface area contributed by atoms with Gasteiger partial charge in [-0.3, -0.25) is 9.59 Å². The molecular formula is C13H17NO2. The third-order valence-corrected chi connectivity index (χ3v) is 3.17. The first kappa shape index (κ1) is 11.1. The lowest BCUT2D eigenvalue weighted by Gasteiger charge is -2.31. The topological polar surface area (TPSA) is 37.4 Å². The van der Waals surface area contributed by atoms with Gasteiger partial charge in [-0.15, -0.1) is 0 Å². The van der Waals surface area contributed by atoms with E-state index in [4.69, 9.17) is 0 Å². The molecule has 1 fully saturated rings. The van der Waals surface area contributed by atoms with E-state index in [1.165, 1.54) is 12.2 Å². The maximum Gasteiger partial charge on any atom is 0.227 e. The number of allylic oxidation sites excluding steroid dienone is 3. The van der Waals surface area contributed by atoms with Crippen molar-refractivity contribution in [3.63, 3.8) is 0 Å². The summed E-state index contributed by atoms with van der Waals surface area (Å²) in [6.07, 6.45) is 6.17. The van der Waals surface area contributed by atoms with Crippen LogP contribution in [0.25, 0.3) is 0 Å². The Labute approximate surface area is 95.8 Å². The van der Waals surface area contributed by atoms with Crippen molar-refractivity contribution in [2.24, 2.45) is 0 Å². The molecule has 0 unspecified atom stereocenters. The molecule has 0 amide bonds. The number of rotatable bonds is 1. The fraction of sp³-hybridized carbons (Fsp3) is 0.538. The monoisotopic (exact) mass is 219 g/mol. The molecule has 1 aliphatic heterocycles. The second-order valence-corrected chi connectivity index (χ2v) is 4.67. The van der Waals surface area contributed by atoms with E-state index in [0.717, 1.165) is 37.1 Å². The van der Waals surface area contributed by atoms with Crippen molar-refractivity contribution in [3.8, 4) is 0 Å². The van der Waals surface area contributed by atoms with E-state index in [2.05, 4.69) is 18.7 Å². The first-order valence-electron chi connectivity index (χ1n) is 5.87. The molecule has 0 bridgehead atoms. The van der Waals surface area contributed by atoms with Gasteiger partial charge in [-0.2, -0.15) is 0 Å². The molecule has 0 saturated carbocycles. The van der Waals surface area contributed by atoms with Crippen LogP contribution < -0.4 is 0 Å². The van der Waals surface area contributed by atoms with Crippen LogP contribution in [0.15, 0.2) is 23.4 Å². The standard InChI is InChI=1S/C13H17NO2/c1-9(2)14-6-4-3-5-10-7-12(15)13(16)8-11(10)14/h7-9H,3-6H2,1-2H3. The maximum atomic E-state index is 11.4. The first-order valence-corrected chi connectivity index (χ1v) is 5.87. The molecular weight excluding hydrogens is 202 g/mol. The summed E-state index contributed by atoms with van der Waals surface area (Å²) in [6.45, 7) is 5.21. The quantitative estimate of drug-likeness (QED) is 0.499. The van der Waals surface area contributed by atoms with Gasteiger partial charge in [-0.1, -0.05) is 0 Å². The van der Waals surface area contributed by atoms with Gasteiger partial charge in [0.05, 0.1) is 0 Å². The molecule has 3 nitrogen and oxygen atoms in total. The van der Waals surface area contributed by atoms with E-state index in [-0.39, 0.29) is 11.6 Å². The van der Waals surface area contributed by atoms with Gasteiger partial charge >= 0.3 is 0 Å². The van der Waals surface area contributed by atoms with Gasteiger partial charge in [0.2, 0.25) is 11.6 Å². The van der Waals surface area contributed by atoms with Crippen molar-refractivity contribution in [3.05, 3.63) is 23.4 Å². The summed E-state index contributed by atoms with van der Waals surface area (Å²) in [4.78, 5) is 25.0. The number of fused-ring (bicyclic) bond motifs is 1. The highest BCUT2D eigenvalue weighted by Gasteiger charge is 2.26. The Morgan fingerprint density at radius 3 is 2.50 bits per heavy atom. The fourth-order valence-electron chi connectivity index (χ4n) is 2.31. The molecule has 86 valence electrons. The van der Waals surface area contributed by atoms with Crippen molar-refractivity contribution in [2.75, 3.05) is 6.54 Å². The third-order valence-electron chi connectivity index (χ3n) is 3.17.